The van der Waals surface area contributed by atoms with Gasteiger partial charge >= 0.3 is 0 Å². The number of hydrogen-bond donors (Lipinski definition) is 0. The summed E-state index contributed by atoms with van der Waals surface area (Å²) in [4.78, 5) is 5.23. The molecule has 0 N–H and O–H groups in total. The van der Waals surface area contributed by atoms with Gasteiger partial charge in [-0.3, -0.25) is 0 Å². The third-order valence-corrected chi connectivity index (χ3v) is 1.61. The van der Waals surface area contributed by atoms with Gasteiger partial charge in [-0.05, 0) is 13.8 Å². The summed E-state index contributed by atoms with van der Waals surface area (Å²) in [6, 6.07) is 0. The zero-order valence-electron chi connectivity index (χ0n) is 8.18. The Hall–Kier alpha value is 0.158. The van der Waals surface area contributed by atoms with Gasteiger partial charge in [0.15, 0.2) is 0 Å². The summed E-state index contributed by atoms with van der Waals surface area (Å²) in [5, 5.41) is 4.02. The SMILES string of the molecule is C[C-](C)CC1=NOC(C)(C)C1.[W]. The molecule has 3 heteroatoms. The van der Waals surface area contributed by atoms with Crippen molar-refractivity contribution in [1.82, 2.24) is 0 Å². The molecule has 0 saturated heterocycles. The Kier molecular flexibility index (Phi) is 4.47. The summed E-state index contributed by atoms with van der Waals surface area (Å²) in [5.74, 6) is 1.39. The summed E-state index contributed by atoms with van der Waals surface area (Å²) in [6.45, 7) is 8.37. The maximum atomic E-state index is 5.23. The third-order valence-electron chi connectivity index (χ3n) is 1.61. The average Bonchev–Trinajstić information content (AvgIpc) is 2.08. The second-order valence-corrected chi connectivity index (χ2v) is 4.07. The van der Waals surface area contributed by atoms with Gasteiger partial charge in [-0.15, -0.1) is 6.42 Å². The molecular weight excluding hydrogens is 322 g/mol. The van der Waals surface area contributed by atoms with E-state index in [0.717, 1.165) is 12.8 Å². The van der Waals surface area contributed by atoms with Crippen molar-refractivity contribution in [2.24, 2.45) is 5.16 Å². The standard InChI is InChI=1S/C9H16NO.W/c1-7(2)5-8-6-9(3,4)11-10-8;/h5-6H2,1-4H3;/q-1;. The van der Waals surface area contributed by atoms with Crippen molar-refractivity contribution in [2.45, 2.75) is 46.1 Å². The molecule has 0 radical (unpaired) electrons. The van der Waals surface area contributed by atoms with E-state index in [4.69, 9.17) is 4.84 Å². The molecule has 2 nitrogen and oxygen atoms in total. The second-order valence-electron chi connectivity index (χ2n) is 4.07. The Labute approximate surface area is 89.0 Å². The van der Waals surface area contributed by atoms with Crippen molar-refractivity contribution in [3.63, 3.8) is 0 Å². The molecule has 0 fully saturated rings. The summed E-state index contributed by atoms with van der Waals surface area (Å²) >= 11 is 0. The van der Waals surface area contributed by atoms with Crippen molar-refractivity contribution in [2.75, 3.05) is 0 Å². The van der Waals surface area contributed by atoms with Gasteiger partial charge in [0.05, 0.1) is 0 Å². The van der Waals surface area contributed by atoms with E-state index in [1.165, 1.54) is 11.6 Å². The Bertz CT molecular complexity index is 175. The average molecular weight is 338 g/mol. The van der Waals surface area contributed by atoms with Gasteiger partial charge in [-0.25, -0.2) is 0 Å². The summed E-state index contributed by atoms with van der Waals surface area (Å²) < 4.78 is 0. The zero-order valence-corrected chi connectivity index (χ0v) is 11.1. The molecule has 1 heterocycles. The minimum Gasteiger partial charge on any atom is -0.390 e. The van der Waals surface area contributed by atoms with Crippen LogP contribution in [0, 0.1) is 5.92 Å². The van der Waals surface area contributed by atoms with Crippen LogP contribution in [0.5, 0.6) is 0 Å². The Morgan fingerprint density at radius 2 is 2.08 bits per heavy atom. The molecule has 0 spiro atoms. The molecule has 0 unspecified atom stereocenters. The smallest absolute Gasteiger partial charge is 0.137 e. The molecule has 0 atom stereocenters. The molecule has 0 aliphatic carbocycles. The number of hydrogen-bond acceptors (Lipinski definition) is 2. The van der Waals surface area contributed by atoms with Crippen LogP contribution in [0.2, 0.25) is 0 Å². The van der Waals surface area contributed by atoms with Crippen LogP contribution < -0.4 is 0 Å². The van der Waals surface area contributed by atoms with Gasteiger partial charge in [0.2, 0.25) is 0 Å². The first kappa shape index (κ1) is 12.2. The first-order valence-electron chi connectivity index (χ1n) is 4.02. The quantitative estimate of drug-likeness (QED) is 0.709. The fraction of sp³-hybridized carbons (Fsp3) is 0.778. The topological polar surface area (TPSA) is 21.6 Å². The van der Waals surface area contributed by atoms with E-state index in [1.807, 2.05) is 0 Å². The van der Waals surface area contributed by atoms with Crippen molar-refractivity contribution in [3.8, 4) is 0 Å². The molecule has 12 heavy (non-hydrogen) atoms. The molecule has 1 aliphatic rings. The maximum Gasteiger partial charge on any atom is 0.137 e. The second kappa shape index (κ2) is 4.41. The number of oxime groups is 1. The fourth-order valence-electron chi connectivity index (χ4n) is 1.25. The van der Waals surface area contributed by atoms with Crippen LogP contribution in [-0.4, -0.2) is 11.3 Å². The van der Waals surface area contributed by atoms with E-state index in [1.54, 1.807) is 0 Å². The van der Waals surface area contributed by atoms with E-state index in [-0.39, 0.29) is 26.7 Å². The van der Waals surface area contributed by atoms with Crippen molar-refractivity contribution in [3.05, 3.63) is 5.92 Å². The third kappa shape index (κ3) is 3.71. The molecule has 0 amide bonds. The van der Waals surface area contributed by atoms with E-state index in [0.29, 0.717) is 0 Å². The monoisotopic (exact) mass is 338 g/mol. The minimum atomic E-state index is -0.0647. The zero-order chi connectivity index (χ0) is 8.48. The van der Waals surface area contributed by atoms with Crippen LogP contribution in [0.15, 0.2) is 5.16 Å². The van der Waals surface area contributed by atoms with Gasteiger partial charge in [-0.1, -0.05) is 5.16 Å². The Balaban J connectivity index is 0.00000121. The Morgan fingerprint density at radius 1 is 1.50 bits per heavy atom. The molecule has 0 bridgehead atoms. The van der Waals surface area contributed by atoms with Crippen LogP contribution in [0.25, 0.3) is 0 Å². The molecule has 0 aromatic carbocycles. The van der Waals surface area contributed by atoms with Gasteiger partial charge < -0.3 is 10.8 Å². The molecule has 1 rings (SSSR count). The van der Waals surface area contributed by atoms with Gasteiger partial charge in [0.25, 0.3) is 0 Å². The number of nitrogens with zero attached hydrogens (tertiary/aromatic N) is 1. The summed E-state index contributed by atoms with van der Waals surface area (Å²) in [6.07, 6.45) is 1.96. The molecule has 0 aromatic heterocycles. The van der Waals surface area contributed by atoms with Crippen molar-refractivity contribution in [1.29, 1.82) is 0 Å². The molecular formula is C9H16NOW-. The predicted octanol–water partition coefficient (Wildman–Crippen LogP) is 2.54. The fourth-order valence-corrected chi connectivity index (χ4v) is 1.25. The molecule has 0 saturated carbocycles. The van der Waals surface area contributed by atoms with E-state index in [9.17, 15) is 0 Å². The van der Waals surface area contributed by atoms with Crippen molar-refractivity contribution >= 4 is 5.71 Å². The molecule has 70 valence electrons. The van der Waals surface area contributed by atoms with E-state index >= 15 is 0 Å². The van der Waals surface area contributed by atoms with Gasteiger partial charge in [-0.2, -0.15) is 13.8 Å². The first-order chi connectivity index (χ1) is 4.99. The maximum absolute atomic E-state index is 5.23. The van der Waals surface area contributed by atoms with Gasteiger partial charge in [0.1, 0.15) is 5.60 Å². The van der Waals surface area contributed by atoms with Gasteiger partial charge in [0, 0.05) is 33.2 Å². The Morgan fingerprint density at radius 3 is 2.42 bits per heavy atom. The normalized spacial score (nSPS) is 19.9. The van der Waals surface area contributed by atoms with Crippen LogP contribution in [0.3, 0.4) is 0 Å². The minimum absolute atomic E-state index is 0. The van der Waals surface area contributed by atoms with E-state index < -0.39 is 0 Å². The first-order valence-corrected chi connectivity index (χ1v) is 4.02. The van der Waals surface area contributed by atoms with Crippen LogP contribution in [0.4, 0.5) is 0 Å². The van der Waals surface area contributed by atoms with E-state index in [2.05, 4.69) is 32.9 Å². The predicted molar refractivity (Wildman–Crippen MR) is 46.4 cm³/mol. The van der Waals surface area contributed by atoms with Crippen LogP contribution in [-0.2, 0) is 25.9 Å². The van der Waals surface area contributed by atoms with Crippen molar-refractivity contribution < 1.29 is 25.9 Å². The number of rotatable bonds is 2. The largest absolute Gasteiger partial charge is 0.390 e. The molecule has 0 aromatic rings. The summed E-state index contributed by atoms with van der Waals surface area (Å²) in [5.41, 5.74) is 1.11. The van der Waals surface area contributed by atoms with Crippen LogP contribution in [0.1, 0.15) is 40.5 Å². The summed E-state index contributed by atoms with van der Waals surface area (Å²) in [7, 11) is 0. The van der Waals surface area contributed by atoms with Crippen LogP contribution >= 0.6 is 0 Å². The molecule has 1 aliphatic heterocycles.